The maximum atomic E-state index is 13.0. The second-order valence-corrected chi connectivity index (χ2v) is 6.72. The molecule has 2 aromatic rings. The number of nitrogens with zero attached hydrogens (tertiary/aromatic N) is 1. The lowest BCUT2D eigenvalue weighted by Gasteiger charge is -2.26. The SMILES string of the molecule is COc1cccc(C(=O)N2CCSC2c2cccc(OC)c2OC)c1. The maximum absolute atomic E-state index is 13.0. The Bertz CT molecular complexity index is 765. The van der Waals surface area contributed by atoms with Crippen LogP contribution in [0.3, 0.4) is 0 Å². The monoisotopic (exact) mass is 359 g/mol. The highest BCUT2D eigenvalue weighted by atomic mass is 32.2. The van der Waals surface area contributed by atoms with Crippen molar-refractivity contribution < 1.29 is 19.0 Å². The van der Waals surface area contributed by atoms with Crippen LogP contribution in [0.15, 0.2) is 42.5 Å². The van der Waals surface area contributed by atoms with Gasteiger partial charge in [-0.15, -0.1) is 11.8 Å². The third kappa shape index (κ3) is 3.39. The van der Waals surface area contributed by atoms with E-state index in [1.165, 1.54) is 0 Å². The Hall–Kier alpha value is -2.34. The van der Waals surface area contributed by atoms with E-state index < -0.39 is 0 Å². The molecular formula is C19H21NO4S. The van der Waals surface area contributed by atoms with Crippen LogP contribution >= 0.6 is 11.8 Å². The minimum absolute atomic E-state index is 0.0150. The van der Waals surface area contributed by atoms with Gasteiger partial charge in [0.05, 0.1) is 21.3 Å². The summed E-state index contributed by atoms with van der Waals surface area (Å²) < 4.78 is 16.2. The number of methoxy groups -OCH3 is 3. The molecule has 0 saturated carbocycles. The summed E-state index contributed by atoms with van der Waals surface area (Å²) in [5.74, 6) is 2.88. The molecule has 1 amide bonds. The molecule has 5 nitrogen and oxygen atoms in total. The molecule has 1 heterocycles. The van der Waals surface area contributed by atoms with Gasteiger partial charge in [-0.3, -0.25) is 4.79 Å². The van der Waals surface area contributed by atoms with Crippen molar-refractivity contribution in [3.05, 3.63) is 53.6 Å². The van der Waals surface area contributed by atoms with Crippen molar-refractivity contribution in [3.8, 4) is 17.2 Å². The normalized spacial score (nSPS) is 16.6. The molecule has 2 aromatic carbocycles. The fourth-order valence-corrected chi connectivity index (χ4v) is 4.24. The topological polar surface area (TPSA) is 48.0 Å². The molecule has 0 aliphatic carbocycles. The lowest BCUT2D eigenvalue weighted by atomic mass is 10.1. The summed E-state index contributed by atoms with van der Waals surface area (Å²) in [6.45, 7) is 0.686. The van der Waals surface area contributed by atoms with E-state index in [1.54, 1.807) is 39.2 Å². The van der Waals surface area contributed by atoms with Gasteiger partial charge in [0.25, 0.3) is 5.91 Å². The first kappa shape index (κ1) is 17.5. The average Bonchev–Trinajstić information content (AvgIpc) is 3.16. The van der Waals surface area contributed by atoms with Gasteiger partial charge in [0.1, 0.15) is 11.1 Å². The fourth-order valence-electron chi connectivity index (χ4n) is 2.96. The van der Waals surface area contributed by atoms with E-state index >= 15 is 0 Å². The highest BCUT2D eigenvalue weighted by Crippen LogP contribution is 2.45. The fraction of sp³-hybridized carbons (Fsp3) is 0.316. The first-order valence-electron chi connectivity index (χ1n) is 7.97. The van der Waals surface area contributed by atoms with Crippen LogP contribution in [-0.4, -0.2) is 44.4 Å². The summed E-state index contributed by atoms with van der Waals surface area (Å²) in [5.41, 5.74) is 1.56. The summed E-state index contributed by atoms with van der Waals surface area (Å²) in [7, 11) is 4.83. The quantitative estimate of drug-likeness (QED) is 0.816. The van der Waals surface area contributed by atoms with Gasteiger partial charge in [-0.2, -0.15) is 0 Å². The summed E-state index contributed by atoms with van der Waals surface area (Å²) >= 11 is 1.72. The van der Waals surface area contributed by atoms with Crippen molar-refractivity contribution in [2.45, 2.75) is 5.37 Å². The van der Waals surface area contributed by atoms with Gasteiger partial charge in [-0.1, -0.05) is 18.2 Å². The van der Waals surface area contributed by atoms with Crippen LogP contribution in [0.5, 0.6) is 17.2 Å². The van der Waals surface area contributed by atoms with Gasteiger partial charge in [0.2, 0.25) is 0 Å². The molecule has 0 N–H and O–H groups in total. The summed E-state index contributed by atoms with van der Waals surface area (Å²) in [4.78, 5) is 14.9. The van der Waals surface area contributed by atoms with Crippen LogP contribution in [0.1, 0.15) is 21.3 Å². The number of hydrogen-bond donors (Lipinski definition) is 0. The standard InChI is InChI=1S/C19H21NO4S/c1-22-14-7-4-6-13(12-14)18(21)20-10-11-25-19(20)15-8-5-9-16(23-2)17(15)24-3/h4-9,12,19H,10-11H2,1-3H3. The van der Waals surface area contributed by atoms with Crippen molar-refractivity contribution in [3.63, 3.8) is 0 Å². The van der Waals surface area contributed by atoms with E-state index in [2.05, 4.69) is 0 Å². The van der Waals surface area contributed by atoms with E-state index in [0.29, 0.717) is 29.4 Å². The third-order valence-corrected chi connectivity index (χ3v) is 5.41. The van der Waals surface area contributed by atoms with Gasteiger partial charge in [-0.25, -0.2) is 0 Å². The first-order chi connectivity index (χ1) is 12.2. The number of rotatable bonds is 5. The van der Waals surface area contributed by atoms with Crippen LogP contribution in [-0.2, 0) is 0 Å². The lowest BCUT2D eigenvalue weighted by molar-refractivity contribution is 0.0758. The number of carbonyl (C=O) groups is 1. The van der Waals surface area contributed by atoms with Gasteiger partial charge >= 0.3 is 0 Å². The van der Waals surface area contributed by atoms with Crippen LogP contribution in [0.4, 0.5) is 0 Å². The molecular weight excluding hydrogens is 338 g/mol. The Morgan fingerprint density at radius 3 is 2.60 bits per heavy atom. The average molecular weight is 359 g/mol. The molecule has 1 fully saturated rings. The highest BCUT2D eigenvalue weighted by molar-refractivity contribution is 7.99. The number of amides is 1. The van der Waals surface area contributed by atoms with E-state index in [9.17, 15) is 4.79 Å². The smallest absolute Gasteiger partial charge is 0.255 e. The lowest BCUT2D eigenvalue weighted by Crippen LogP contribution is -2.30. The van der Waals surface area contributed by atoms with E-state index in [-0.39, 0.29) is 11.3 Å². The molecule has 0 aromatic heterocycles. The molecule has 25 heavy (non-hydrogen) atoms. The molecule has 3 rings (SSSR count). The highest BCUT2D eigenvalue weighted by Gasteiger charge is 2.34. The van der Waals surface area contributed by atoms with Crippen LogP contribution < -0.4 is 14.2 Å². The van der Waals surface area contributed by atoms with Crippen molar-refractivity contribution in [2.75, 3.05) is 33.6 Å². The Labute approximate surface area is 151 Å². The molecule has 132 valence electrons. The van der Waals surface area contributed by atoms with E-state index in [4.69, 9.17) is 14.2 Å². The van der Waals surface area contributed by atoms with Crippen LogP contribution in [0, 0.1) is 0 Å². The second-order valence-electron chi connectivity index (χ2n) is 5.54. The zero-order chi connectivity index (χ0) is 17.8. The summed E-state index contributed by atoms with van der Waals surface area (Å²) in [6.07, 6.45) is 0. The van der Waals surface area contributed by atoms with E-state index in [1.807, 2.05) is 41.3 Å². The maximum Gasteiger partial charge on any atom is 0.255 e. The van der Waals surface area contributed by atoms with Crippen molar-refractivity contribution in [1.82, 2.24) is 4.90 Å². The number of hydrogen-bond acceptors (Lipinski definition) is 5. The third-order valence-electron chi connectivity index (χ3n) is 4.17. The van der Waals surface area contributed by atoms with Gasteiger partial charge < -0.3 is 19.1 Å². The molecule has 1 saturated heterocycles. The number of carbonyl (C=O) groups excluding carboxylic acids is 1. The zero-order valence-corrected chi connectivity index (χ0v) is 15.3. The second kappa shape index (κ2) is 7.70. The number of thioether (sulfide) groups is 1. The van der Waals surface area contributed by atoms with Gasteiger partial charge in [-0.05, 0) is 24.3 Å². The molecule has 1 aliphatic rings. The Morgan fingerprint density at radius 2 is 1.88 bits per heavy atom. The minimum Gasteiger partial charge on any atom is -0.497 e. The number of ether oxygens (including phenoxy) is 3. The molecule has 1 unspecified atom stereocenters. The molecule has 1 atom stereocenters. The first-order valence-corrected chi connectivity index (χ1v) is 9.02. The van der Waals surface area contributed by atoms with Crippen molar-refractivity contribution >= 4 is 17.7 Å². The Morgan fingerprint density at radius 1 is 1.08 bits per heavy atom. The number of para-hydroxylation sites is 1. The molecule has 0 bridgehead atoms. The number of benzene rings is 2. The molecule has 0 radical (unpaired) electrons. The molecule has 6 heteroatoms. The van der Waals surface area contributed by atoms with E-state index in [0.717, 1.165) is 11.3 Å². The summed E-state index contributed by atoms with van der Waals surface area (Å²) in [5, 5.41) is -0.108. The minimum atomic E-state index is -0.108. The van der Waals surface area contributed by atoms with Gasteiger partial charge in [0, 0.05) is 23.4 Å². The van der Waals surface area contributed by atoms with Gasteiger partial charge in [0.15, 0.2) is 11.5 Å². The Balaban J connectivity index is 1.94. The molecule has 0 spiro atoms. The van der Waals surface area contributed by atoms with Crippen molar-refractivity contribution in [1.29, 1.82) is 0 Å². The van der Waals surface area contributed by atoms with Crippen LogP contribution in [0.2, 0.25) is 0 Å². The zero-order valence-electron chi connectivity index (χ0n) is 14.5. The van der Waals surface area contributed by atoms with Crippen LogP contribution in [0.25, 0.3) is 0 Å². The largest absolute Gasteiger partial charge is 0.497 e. The predicted octanol–water partition coefficient (Wildman–Crippen LogP) is 3.60. The molecule has 1 aliphatic heterocycles. The predicted molar refractivity (Wildman–Crippen MR) is 98.8 cm³/mol. The summed E-state index contributed by atoms with van der Waals surface area (Å²) in [6, 6.07) is 13.0. The van der Waals surface area contributed by atoms with Crippen molar-refractivity contribution in [2.24, 2.45) is 0 Å². The Kier molecular flexibility index (Phi) is 5.38.